The Labute approximate surface area is 117 Å². The molecule has 0 atom stereocenters. The predicted molar refractivity (Wildman–Crippen MR) is 76.0 cm³/mol. The second-order valence-corrected chi connectivity index (χ2v) is 4.99. The number of carbonyl (C=O) groups excluding carboxylic acids is 1. The standard InChI is InChI=1S/C16H14ClNO/c17-9-12-5-1-2-6-13(12)10-18-11-14-7-3-4-8-15(14)16(18)19/h1-8H,9-11H2. The summed E-state index contributed by atoms with van der Waals surface area (Å²) in [6.45, 7) is 1.31. The zero-order valence-electron chi connectivity index (χ0n) is 10.5. The molecule has 0 aliphatic carbocycles. The Balaban J connectivity index is 1.85. The minimum absolute atomic E-state index is 0.111. The van der Waals surface area contributed by atoms with Crippen LogP contribution in [0.3, 0.4) is 0 Å². The fourth-order valence-corrected chi connectivity index (χ4v) is 2.75. The normalized spacial score (nSPS) is 13.7. The third-order valence-corrected chi connectivity index (χ3v) is 3.81. The van der Waals surface area contributed by atoms with Crippen molar-refractivity contribution in [2.75, 3.05) is 0 Å². The van der Waals surface area contributed by atoms with Gasteiger partial charge in [0.2, 0.25) is 0 Å². The van der Waals surface area contributed by atoms with Gasteiger partial charge in [0.05, 0.1) is 0 Å². The minimum Gasteiger partial charge on any atom is -0.330 e. The fourth-order valence-electron chi connectivity index (χ4n) is 2.49. The van der Waals surface area contributed by atoms with Gasteiger partial charge < -0.3 is 4.90 Å². The van der Waals surface area contributed by atoms with Gasteiger partial charge in [-0.15, -0.1) is 11.6 Å². The molecule has 1 aliphatic heterocycles. The number of hydrogen-bond acceptors (Lipinski definition) is 1. The molecule has 1 heterocycles. The lowest BCUT2D eigenvalue weighted by Crippen LogP contribution is -2.23. The van der Waals surface area contributed by atoms with Crippen LogP contribution in [-0.4, -0.2) is 10.8 Å². The maximum Gasteiger partial charge on any atom is 0.254 e. The van der Waals surface area contributed by atoms with Crippen molar-refractivity contribution in [2.24, 2.45) is 0 Å². The van der Waals surface area contributed by atoms with E-state index in [2.05, 4.69) is 0 Å². The highest BCUT2D eigenvalue weighted by Crippen LogP contribution is 2.25. The third kappa shape index (κ3) is 2.24. The van der Waals surface area contributed by atoms with Gasteiger partial charge in [0.1, 0.15) is 0 Å². The number of nitrogens with zero attached hydrogens (tertiary/aromatic N) is 1. The number of halogens is 1. The summed E-state index contributed by atoms with van der Waals surface area (Å²) in [6, 6.07) is 15.8. The first-order valence-electron chi connectivity index (χ1n) is 6.29. The van der Waals surface area contributed by atoms with Gasteiger partial charge in [-0.25, -0.2) is 0 Å². The molecule has 0 unspecified atom stereocenters. The van der Waals surface area contributed by atoms with E-state index in [1.807, 2.05) is 53.4 Å². The van der Waals surface area contributed by atoms with E-state index in [9.17, 15) is 4.79 Å². The van der Waals surface area contributed by atoms with Crippen molar-refractivity contribution in [3.05, 3.63) is 70.8 Å². The van der Waals surface area contributed by atoms with E-state index in [1.165, 1.54) is 0 Å². The topological polar surface area (TPSA) is 20.3 Å². The molecule has 0 radical (unpaired) electrons. The average molecular weight is 272 g/mol. The smallest absolute Gasteiger partial charge is 0.254 e. The highest BCUT2D eigenvalue weighted by atomic mass is 35.5. The van der Waals surface area contributed by atoms with Crippen molar-refractivity contribution in [3.63, 3.8) is 0 Å². The van der Waals surface area contributed by atoms with Gasteiger partial charge in [0, 0.05) is 24.5 Å². The van der Waals surface area contributed by atoms with Gasteiger partial charge in [-0.3, -0.25) is 4.79 Å². The molecule has 0 bridgehead atoms. The summed E-state index contributed by atoms with van der Waals surface area (Å²) in [7, 11) is 0. The van der Waals surface area contributed by atoms with Crippen molar-refractivity contribution >= 4 is 17.5 Å². The molecule has 1 amide bonds. The van der Waals surface area contributed by atoms with Gasteiger partial charge in [-0.05, 0) is 22.8 Å². The molecular formula is C16H14ClNO. The summed E-state index contributed by atoms with van der Waals surface area (Å²) in [5.74, 6) is 0.588. The maximum absolute atomic E-state index is 12.3. The lowest BCUT2D eigenvalue weighted by Gasteiger charge is -2.17. The van der Waals surface area contributed by atoms with Crippen molar-refractivity contribution in [3.8, 4) is 0 Å². The molecule has 3 heteroatoms. The molecule has 3 rings (SSSR count). The van der Waals surface area contributed by atoms with Gasteiger partial charge >= 0.3 is 0 Å². The van der Waals surface area contributed by atoms with Crippen molar-refractivity contribution < 1.29 is 4.79 Å². The zero-order valence-corrected chi connectivity index (χ0v) is 11.2. The minimum atomic E-state index is 0.111. The number of fused-ring (bicyclic) bond motifs is 1. The Kier molecular flexibility index (Phi) is 3.26. The van der Waals surface area contributed by atoms with Gasteiger partial charge in [-0.1, -0.05) is 42.5 Å². The SMILES string of the molecule is O=C1c2ccccc2CN1Cc1ccccc1CCl. The van der Waals surface area contributed by atoms with E-state index in [0.717, 1.165) is 22.3 Å². The summed E-state index contributed by atoms with van der Waals surface area (Å²) in [4.78, 5) is 14.2. The van der Waals surface area contributed by atoms with Crippen LogP contribution in [-0.2, 0) is 19.0 Å². The summed E-state index contributed by atoms with van der Waals surface area (Å²) >= 11 is 5.94. The number of benzene rings is 2. The second-order valence-electron chi connectivity index (χ2n) is 4.72. The molecule has 0 saturated heterocycles. The van der Waals surface area contributed by atoms with E-state index >= 15 is 0 Å². The van der Waals surface area contributed by atoms with Crippen molar-refractivity contribution in [1.82, 2.24) is 4.90 Å². The van der Waals surface area contributed by atoms with Crippen molar-refractivity contribution in [1.29, 1.82) is 0 Å². The molecule has 0 fully saturated rings. The molecule has 2 nitrogen and oxygen atoms in total. The summed E-state index contributed by atoms with van der Waals surface area (Å²) in [6.07, 6.45) is 0. The van der Waals surface area contributed by atoms with E-state index in [0.29, 0.717) is 19.0 Å². The Hall–Kier alpha value is -1.80. The van der Waals surface area contributed by atoms with Crippen LogP contribution < -0.4 is 0 Å². The quantitative estimate of drug-likeness (QED) is 0.782. The molecule has 2 aromatic rings. The lowest BCUT2D eigenvalue weighted by molar-refractivity contribution is 0.0766. The third-order valence-electron chi connectivity index (χ3n) is 3.52. The highest BCUT2D eigenvalue weighted by Gasteiger charge is 2.26. The second kappa shape index (κ2) is 5.06. The molecule has 1 aliphatic rings. The van der Waals surface area contributed by atoms with Gasteiger partial charge in [0.25, 0.3) is 5.91 Å². The van der Waals surface area contributed by atoms with Crippen LogP contribution in [0.4, 0.5) is 0 Å². The molecule has 19 heavy (non-hydrogen) atoms. The Bertz CT molecular complexity index is 624. The Morgan fingerprint density at radius 1 is 1.00 bits per heavy atom. The highest BCUT2D eigenvalue weighted by molar-refractivity contribution is 6.17. The fraction of sp³-hybridized carbons (Fsp3) is 0.188. The summed E-state index contributed by atoms with van der Waals surface area (Å²) in [5, 5.41) is 0. The van der Waals surface area contributed by atoms with E-state index in [4.69, 9.17) is 11.6 Å². The predicted octanol–water partition coefficient (Wildman–Crippen LogP) is 3.58. The van der Waals surface area contributed by atoms with Crippen molar-refractivity contribution in [2.45, 2.75) is 19.0 Å². The van der Waals surface area contributed by atoms with E-state index < -0.39 is 0 Å². The number of carbonyl (C=O) groups is 1. The number of hydrogen-bond donors (Lipinski definition) is 0. The molecule has 96 valence electrons. The van der Waals surface area contributed by atoms with Crippen LogP contribution in [0.1, 0.15) is 27.0 Å². The lowest BCUT2D eigenvalue weighted by atomic mass is 10.1. The summed E-state index contributed by atoms with van der Waals surface area (Å²) in [5.41, 5.74) is 4.15. The molecule has 2 aromatic carbocycles. The van der Waals surface area contributed by atoms with E-state index in [1.54, 1.807) is 0 Å². The monoisotopic (exact) mass is 271 g/mol. The van der Waals surface area contributed by atoms with Gasteiger partial charge in [-0.2, -0.15) is 0 Å². The average Bonchev–Trinajstić information content (AvgIpc) is 2.77. The molecule has 0 aromatic heterocycles. The maximum atomic E-state index is 12.3. The van der Waals surface area contributed by atoms with Crippen LogP contribution in [0, 0.1) is 0 Å². The van der Waals surface area contributed by atoms with Crippen LogP contribution in [0.25, 0.3) is 0 Å². The molecule has 0 N–H and O–H groups in total. The summed E-state index contributed by atoms with van der Waals surface area (Å²) < 4.78 is 0. The first kappa shape index (κ1) is 12.2. The number of alkyl halides is 1. The molecule has 0 spiro atoms. The largest absolute Gasteiger partial charge is 0.330 e. The first-order valence-corrected chi connectivity index (χ1v) is 6.83. The number of rotatable bonds is 3. The van der Waals surface area contributed by atoms with Gasteiger partial charge in [0.15, 0.2) is 0 Å². The van der Waals surface area contributed by atoms with Crippen LogP contribution in [0.5, 0.6) is 0 Å². The van der Waals surface area contributed by atoms with E-state index in [-0.39, 0.29) is 5.91 Å². The Morgan fingerprint density at radius 2 is 1.68 bits per heavy atom. The number of amides is 1. The van der Waals surface area contributed by atoms with Crippen LogP contribution >= 0.6 is 11.6 Å². The molecular weight excluding hydrogens is 258 g/mol. The Morgan fingerprint density at radius 3 is 2.42 bits per heavy atom. The van der Waals surface area contributed by atoms with Crippen LogP contribution in [0.15, 0.2) is 48.5 Å². The first-order chi connectivity index (χ1) is 9.29. The van der Waals surface area contributed by atoms with Crippen LogP contribution in [0.2, 0.25) is 0 Å². The zero-order chi connectivity index (χ0) is 13.2. The molecule has 0 saturated carbocycles.